The van der Waals surface area contributed by atoms with Gasteiger partial charge in [-0.3, -0.25) is 14.9 Å². The molecule has 3 amide bonds. The van der Waals surface area contributed by atoms with Crippen LogP contribution >= 0.6 is 0 Å². The molecule has 0 aromatic carbocycles. The number of nitrogens with two attached hydrogens (primary N) is 1. The minimum Gasteiger partial charge on any atom is -0.466 e. The van der Waals surface area contributed by atoms with Crippen molar-refractivity contribution in [2.24, 2.45) is 5.73 Å². The van der Waals surface area contributed by atoms with Gasteiger partial charge in [-0.2, -0.15) is 0 Å². The van der Waals surface area contributed by atoms with Crippen LogP contribution in [0.2, 0.25) is 0 Å². The highest BCUT2D eigenvalue weighted by Gasteiger charge is 2.06. The number of nitrogens with one attached hydrogen (secondary N) is 1. The molecule has 0 heterocycles. The van der Waals surface area contributed by atoms with E-state index < -0.39 is 11.9 Å². The Bertz CT molecular complexity index is 227. The fraction of sp³-hybridized carbons (Fsp3) is 0.625. The van der Waals surface area contributed by atoms with Crippen LogP contribution in [0.1, 0.15) is 26.2 Å². The number of urea groups is 1. The Morgan fingerprint density at radius 2 is 1.93 bits per heavy atom. The standard InChI is InChI=1S/C8H14N2O4/c1-2-14-7(12)5-3-4-6(11)10-8(9)13/h2-5H2,1H3,(H3,9,10,11,13). The fourth-order valence-electron chi connectivity index (χ4n) is 0.826. The van der Waals surface area contributed by atoms with Crippen molar-refractivity contribution in [3.05, 3.63) is 0 Å². The van der Waals surface area contributed by atoms with Crippen LogP contribution in [-0.2, 0) is 14.3 Å². The van der Waals surface area contributed by atoms with Gasteiger partial charge in [0.15, 0.2) is 0 Å². The second-order valence-electron chi connectivity index (χ2n) is 2.57. The summed E-state index contributed by atoms with van der Waals surface area (Å²) in [5, 5.41) is 1.90. The van der Waals surface area contributed by atoms with Crippen LogP contribution in [-0.4, -0.2) is 24.5 Å². The molecule has 0 saturated carbocycles. The maximum atomic E-state index is 10.8. The molecule has 0 radical (unpaired) electrons. The molecule has 0 saturated heterocycles. The number of rotatable bonds is 5. The lowest BCUT2D eigenvalue weighted by Gasteiger charge is -2.01. The zero-order chi connectivity index (χ0) is 11.0. The first kappa shape index (κ1) is 12.4. The Morgan fingerprint density at radius 1 is 1.29 bits per heavy atom. The molecule has 0 aliphatic heterocycles. The maximum Gasteiger partial charge on any atom is 0.318 e. The number of ether oxygens (including phenoxy) is 1. The van der Waals surface area contributed by atoms with E-state index in [1.54, 1.807) is 6.92 Å². The number of amides is 3. The van der Waals surface area contributed by atoms with Gasteiger partial charge in [0.2, 0.25) is 5.91 Å². The van der Waals surface area contributed by atoms with E-state index >= 15 is 0 Å². The van der Waals surface area contributed by atoms with E-state index in [0.29, 0.717) is 13.0 Å². The molecule has 0 fully saturated rings. The van der Waals surface area contributed by atoms with Gasteiger partial charge in [0.1, 0.15) is 0 Å². The highest BCUT2D eigenvalue weighted by molar-refractivity contribution is 5.93. The first-order chi connectivity index (χ1) is 6.56. The molecular formula is C8H14N2O4. The fourth-order valence-corrected chi connectivity index (χ4v) is 0.826. The summed E-state index contributed by atoms with van der Waals surface area (Å²) in [6.07, 6.45) is 0.597. The molecule has 6 nitrogen and oxygen atoms in total. The first-order valence-electron chi connectivity index (χ1n) is 4.31. The van der Waals surface area contributed by atoms with E-state index in [9.17, 15) is 14.4 Å². The van der Waals surface area contributed by atoms with Gasteiger partial charge >= 0.3 is 12.0 Å². The molecule has 0 spiro atoms. The summed E-state index contributed by atoms with van der Waals surface area (Å²) < 4.78 is 4.64. The monoisotopic (exact) mass is 202 g/mol. The first-order valence-corrected chi connectivity index (χ1v) is 4.31. The highest BCUT2D eigenvalue weighted by Crippen LogP contribution is 1.97. The van der Waals surface area contributed by atoms with Crippen molar-refractivity contribution >= 4 is 17.9 Å². The molecule has 3 N–H and O–H groups in total. The molecule has 0 aromatic heterocycles. The number of carbonyl (C=O) groups excluding carboxylic acids is 3. The van der Waals surface area contributed by atoms with Crippen molar-refractivity contribution in [1.29, 1.82) is 0 Å². The average molecular weight is 202 g/mol. The zero-order valence-corrected chi connectivity index (χ0v) is 8.04. The minimum absolute atomic E-state index is 0.0851. The Balaban J connectivity index is 3.49. The number of imide groups is 1. The summed E-state index contributed by atoms with van der Waals surface area (Å²) in [6, 6.07) is -0.883. The second kappa shape index (κ2) is 6.88. The molecule has 6 heteroatoms. The molecule has 0 unspecified atom stereocenters. The average Bonchev–Trinajstić information content (AvgIpc) is 2.02. The van der Waals surface area contributed by atoms with Gasteiger partial charge in [0, 0.05) is 12.8 Å². The van der Waals surface area contributed by atoms with Gasteiger partial charge in [-0.25, -0.2) is 4.79 Å². The van der Waals surface area contributed by atoms with Crippen molar-refractivity contribution in [3.8, 4) is 0 Å². The number of carbonyl (C=O) groups is 3. The molecule has 0 aliphatic carbocycles. The van der Waals surface area contributed by atoms with E-state index in [4.69, 9.17) is 5.73 Å². The van der Waals surface area contributed by atoms with E-state index in [0.717, 1.165) is 0 Å². The minimum atomic E-state index is -0.883. The molecule has 0 aliphatic rings. The smallest absolute Gasteiger partial charge is 0.318 e. The predicted molar refractivity (Wildman–Crippen MR) is 48.2 cm³/mol. The number of hydrogen-bond donors (Lipinski definition) is 2. The Kier molecular flexibility index (Phi) is 6.09. The molecular weight excluding hydrogens is 188 g/mol. The molecule has 80 valence electrons. The Hall–Kier alpha value is -1.59. The number of hydrogen-bond acceptors (Lipinski definition) is 4. The van der Waals surface area contributed by atoms with Crippen LogP contribution in [0, 0.1) is 0 Å². The summed E-state index contributed by atoms with van der Waals surface area (Å²) in [4.78, 5) is 31.8. The van der Waals surface area contributed by atoms with Gasteiger partial charge in [0.25, 0.3) is 0 Å². The summed E-state index contributed by atoms with van der Waals surface area (Å²) >= 11 is 0. The molecule has 0 aromatic rings. The second-order valence-corrected chi connectivity index (χ2v) is 2.57. The normalized spacial score (nSPS) is 9.21. The molecule has 0 atom stereocenters. The summed E-state index contributed by atoms with van der Waals surface area (Å²) in [5.74, 6) is -0.832. The SMILES string of the molecule is CCOC(=O)CCCC(=O)NC(N)=O. The van der Waals surface area contributed by atoms with Crippen molar-refractivity contribution in [1.82, 2.24) is 5.32 Å². The summed E-state index contributed by atoms with van der Waals surface area (Å²) in [6.45, 7) is 2.03. The van der Waals surface area contributed by atoms with Crippen molar-refractivity contribution in [3.63, 3.8) is 0 Å². The van der Waals surface area contributed by atoms with Crippen LogP contribution in [0.3, 0.4) is 0 Å². The molecule has 14 heavy (non-hydrogen) atoms. The third-order valence-corrected chi connectivity index (χ3v) is 1.35. The predicted octanol–water partition coefficient (Wildman–Crippen LogP) is -0.0853. The Labute approximate surface area is 81.8 Å². The van der Waals surface area contributed by atoms with Gasteiger partial charge in [0.05, 0.1) is 6.61 Å². The van der Waals surface area contributed by atoms with E-state index in [1.807, 2.05) is 5.32 Å². The largest absolute Gasteiger partial charge is 0.466 e. The van der Waals surface area contributed by atoms with Crippen LogP contribution in [0.25, 0.3) is 0 Å². The molecule has 0 rings (SSSR count). The molecule has 0 bridgehead atoms. The van der Waals surface area contributed by atoms with Gasteiger partial charge in [-0.1, -0.05) is 0 Å². The van der Waals surface area contributed by atoms with Crippen LogP contribution in [0.4, 0.5) is 4.79 Å². The van der Waals surface area contributed by atoms with Crippen LogP contribution in [0.5, 0.6) is 0 Å². The third-order valence-electron chi connectivity index (χ3n) is 1.35. The topological polar surface area (TPSA) is 98.5 Å². The van der Waals surface area contributed by atoms with Crippen molar-refractivity contribution in [2.45, 2.75) is 26.2 Å². The van der Waals surface area contributed by atoms with E-state index in [2.05, 4.69) is 4.74 Å². The van der Waals surface area contributed by atoms with Gasteiger partial charge in [-0.15, -0.1) is 0 Å². The van der Waals surface area contributed by atoms with E-state index in [-0.39, 0.29) is 18.8 Å². The van der Waals surface area contributed by atoms with Crippen LogP contribution in [0.15, 0.2) is 0 Å². The van der Waals surface area contributed by atoms with Crippen molar-refractivity contribution in [2.75, 3.05) is 6.61 Å². The number of esters is 1. The third kappa shape index (κ3) is 7.08. The zero-order valence-electron chi connectivity index (χ0n) is 8.04. The summed E-state index contributed by atoms with van der Waals surface area (Å²) in [7, 11) is 0. The van der Waals surface area contributed by atoms with Crippen molar-refractivity contribution < 1.29 is 19.1 Å². The Morgan fingerprint density at radius 3 is 2.43 bits per heavy atom. The lowest BCUT2D eigenvalue weighted by atomic mass is 10.2. The maximum absolute atomic E-state index is 10.8. The quantitative estimate of drug-likeness (QED) is 0.609. The van der Waals surface area contributed by atoms with Gasteiger partial charge in [-0.05, 0) is 13.3 Å². The number of primary amides is 1. The lowest BCUT2D eigenvalue weighted by molar-refractivity contribution is -0.143. The van der Waals surface area contributed by atoms with E-state index in [1.165, 1.54) is 0 Å². The lowest BCUT2D eigenvalue weighted by Crippen LogP contribution is -2.34. The van der Waals surface area contributed by atoms with Crippen LogP contribution < -0.4 is 11.1 Å². The summed E-state index contributed by atoms with van der Waals surface area (Å²) in [5.41, 5.74) is 4.71. The van der Waals surface area contributed by atoms with Gasteiger partial charge < -0.3 is 10.5 Å². The highest BCUT2D eigenvalue weighted by atomic mass is 16.5.